The van der Waals surface area contributed by atoms with Gasteiger partial charge in [0, 0.05) is 24.8 Å². The quantitative estimate of drug-likeness (QED) is 0.925. The van der Waals surface area contributed by atoms with Gasteiger partial charge in [0.25, 0.3) is 5.91 Å². The van der Waals surface area contributed by atoms with Crippen LogP contribution in [0.4, 0.5) is 0 Å². The Kier molecular flexibility index (Phi) is 3.58. The Labute approximate surface area is 134 Å². The molecule has 1 fully saturated rings. The molecule has 0 saturated carbocycles. The van der Waals surface area contributed by atoms with E-state index in [4.69, 9.17) is 13.9 Å². The van der Waals surface area contributed by atoms with Gasteiger partial charge in [0.2, 0.25) is 0 Å². The maximum atomic E-state index is 12.4. The lowest BCUT2D eigenvalue weighted by Gasteiger charge is -2.44. The van der Waals surface area contributed by atoms with Crippen molar-refractivity contribution in [1.82, 2.24) is 5.32 Å². The lowest BCUT2D eigenvalue weighted by Crippen LogP contribution is -2.48. The molecule has 5 nitrogen and oxygen atoms in total. The second-order valence-corrected chi connectivity index (χ2v) is 6.14. The number of amides is 1. The topological polar surface area (TPSA) is 60.7 Å². The number of rotatable bonds is 2. The van der Waals surface area contributed by atoms with Crippen molar-refractivity contribution < 1.29 is 18.7 Å². The number of carbonyl (C=O) groups excluding carboxylic acids is 1. The van der Waals surface area contributed by atoms with Crippen LogP contribution in [-0.2, 0) is 4.74 Å². The number of carbonyl (C=O) groups is 1. The molecule has 5 heteroatoms. The summed E-state index contributed by atoms with van der Waals surface area (Å²) in [6.45, 7) is 1.39. The number of furan rings is 1. The largest absolute Gasteiger partial charge is 0.487 e. The molecular weight excluding hydrogens is 294 g/mol. The number of fused-ring (bicyclic) bond motifs is 1. The van der Waals surface area contributed by atoms with Crippen LogP contribution in [-0.4, -0.2) is 24.7 Å². The van der Waals surface area contributed by atoms with E-state index in [2.05, 4.69) is 5.32 Å². The van der Waals surface area contributed by atoms with Gasteiger partial charge < -0.3 is 19.2 Å². The smallest absolute Gasteiger partial charge is 0.287 e. The highest BCUT2D eigenvalue weighted by atomic mass is 16.5. The normalized spacial score (nSPS) is 22.2. The minimum Gasteiger partial charge on any atom is -0.487 e. The van der Waals surface area contributed by atoms with Crippen molar-refractivity contribution in [3.05, 3.63) is 54.0 Å². The van der Waals surface area contributed by atoms with Gasteiger partial charge in [0.05, 0.1) is 25.5 Å². The summed E-state index contributed by atoms with van der Waals surface area (Å²) in [5, 5.41) is 3.10. The third-order valence-corrected chi connectivity index (χ3v) is 4.65. The number of hydrogen-bond acceptors (Lipinski definition) is 4. The monoisotopic (exact) mass is 313 g/mol. The minimum atomic E-state index is -0.256. The van der Waals surface area contributed by atoms with Gasteiger partial charge in [0.15, 0.2) is 5.76 Å². The van der Waals surface area contributed by atoms with Crippen LogP contribution in [0.25, 0.3) is 0 Å². The molecule has 23 heavy (non-hydrogen) atoms. The van der Waals surface area contributed by atoms with Crippen molar-refractivity contribution in [2.24, 2.45) is 0 Å². The zero-order valence-corrected chi connectivity index (χ0v) is 12.8. The van der Waals surface area contributed by atoms with Crippen LogP contribution in [0.15, 0.2) is 47.1 Å². The number of benzene rings is 1. The summed E-state index contributed by atoms with van der Waals surface area (Å²) in [7, 11) is 0. The Morgan fingerprint density at radius 3 is 2.74 bits per heavy atom. The van der Waals surface area contributed by atoms with Gasteiger partial charge in [-0.1, -0.05) is 18.2 Å². The van der Waals surface area contributed by atoms with Gasteiger partial charge in [-0.05, 0) is 18.2 Å². The van der Waals surface area contributed by atoms with Crippen molar-refractivity contribution in [2.45, 2.75) is 30.9 Å². The molecule has 1 spiro atoms. The standard InChI is InChI=1S/C18H19NO4/c20-17(16-6-3-9-22-16)19-14-12-18(7-10-21-11-8-18)23-15-5-2-1-4-13(14)15/h1-6,9,14H,7-8,10-12H2,(H,19,20)/t14-/m1/s1. The van der Waals surface area contributed by atoms with Crippen molar-refractivity contribution in [3.8, 4) is 5.75 Å². The molecule has 0 bridgehead atoms. The van der Waals surface area contributed by atoms with Crippen LogP contribution in [0, 0.1) is 0 Å². The Balaban J connectivity index is 1.63. The maximum Gasteiger partial charge on any atom is 0.287 e. The summed E-state index contributed by atoms with van der Waals surface area (Å²) in [5.74, 6) is 0.985. The minimum absolute atomic E-state index is 0.0874. The molecule has 3 heterocycles. The van der Waals surface area contributed by atoms with Crippen LogP contribution < -0.4 is 10.1 Å². The van der Waals surface area contributed by atoms with Crippen LogP contribution in [0.2, 0.25) is 0 Å². The lowest BCUT2D eigenvalue weighted by atomic mass is 9.82. The van der Waals surface area contributed by atoms with Gasteiger partial charge in [-0.25, -0.2) is 0 Å². The first-order chi connectivity index (χ1) is 11.3. The molecule has 0 unspecified atom stereocenters. The van der Waals surface area contributed by atoms with Gasteiger partial charge in [-0.3, -0.25) is 4.79 Å². The third kappa shape index (κ3) is 2.72. The molecule has 2 aliphatic heterocycles. The first-order valence-electron chi connectivity index (χ1n) is 7.96. The van der Waals surface area contributed by atoms with E-state index in [9.17, 15) is 4.79 Å². The summed E-state index contributed by atoms with van der Waals surface area (Å²) in [5.41, 5.74) is 0.762. The molecule has 1 N–H and O–H groups in total. The van der Waals surface area contributed by atoms with E-state index in [0.717, 1.165) is 30.6 Å². The molecule has 1 aromatic heterocycles. The summed E-state index contributed by atoms with van der Waals surface area (Å²) >= 11 is 0. The van der Waals surface area contributed by atoms with Crippen LogP contribution in [0.5, 0.6) is 5.75 Å². The molecule has 1 aromatic carbocycles. The number of hydrogen-bond donors (Lipinski definition) is 1. The average molecular weight is 313 g/mol. The van der Waals surface area contributed by atoms with E-state index in [1.807, 2.05) is 24.3 Å². The Morgan fingerprint density at radius 2 is 1.96 bits per heavy atom. The SMILES string of the molecule is O=C(N[C@@H]1CC2(CCOCC2)Oc2ccccc21)c1ccco1. The molecule has 2 aromatic rings. The summed E-state index contributed by atoms with van der Waals surface area (Å²) in [6.07, 6.45) is 3.94. The van der Waals surface area contributed by atoms with E-state index in [-0.39, 0.29) is 17.6 Å². The average Bonchev–Trinajstić information content (AvgIpc) is 3.10. The number of nitrogens with one attached hydrogen (secondary N) is 1. The summed E-state index contributed by atoms with van der Waals surface area (Å²) in [4.78, 5) is 12.4. The molecule has 120 valence electrons. The van der Waals surface area contributed by atoms with Crippen molar-refractivity contribution in [2.75, 3.05) is 13.2 Å². The molecule has 4 rings (SSSR count). The van der Waals surface area contributed by atoms with Gasteiger partial charge in [0.1, 0.15) is 11.4 Å². The highest BCUT2D eigenvalue weighted by Crippen LogP contribution is 2.43. The zero-order chi connectivity index (χ0) is 15.7. The van der Waals surface area contributed by atoms with E-state index >= 15 is 0 Å². The zero-order valence-electron chi connectivity index (χ0n) is 12.8. The fourth-order valence-electron chi connectivity index (χ4n) is 3.43. The Bertz CT molecular complexity index is 689. The van der Waals surface area contributed by atoms with Crippen molar-refractivity contribution in [1.29, 1.82) is 0 Å². The highest BCUT2D eigenvalue weighted by molar-refractivity contribution is 5.91. The fourth-order valence-corrected chi connectivity index (χ4v) is 3.43. The van der Waals surface area contributed by atoms with E-state index < -0.39 is 0 Å². The second kappa shape index (κ2) is 5.74. The lowest BCUT2D eigenvalue weighted by molar-refractivity contribution is -0.0639. The fraction of sp³-hybridized carbons (Fsp3) is 0.389. The van der Waals surface area contributed by atoms with Crippen molar-refractivity contribution in [3.63, 3.8) is 0 Å². The first-order valence-corrected chi connectivity index (χ1v) is 7.96. The van der Waals surface area contributed by atoms with E-state index in [1.165, 1.54) is 6.26 Å². The first kappa shape index (κ1) is 14.3. The Hall–Kier alpha value is -2.27. The van der Waals surface area contributed by atoms with Gasteiger partial charge >= 0.3 is 0 Å². The van der Waals surface area contributed by atoms with Crippen LogP contribution in [0.3, 0.4) is 0 Å². The maximum absolute atomic E-state index is 12.4. The molecule has 0 radical (unpaired) electrons. The molecule has 1 atom stereocenters. The van der Waals surface area contributed by atoms with E-state index in [0.29, 0.717) is 19.0 Å². The van der Waals surface area contributed by atoms with Gasteiger partial charge in [-0.15, -0.1) is 0 Å². The predicted molar refractivity (Wildman–Crippen MR) is 83.4 cm³/mol. The Morgan fingerprint density at radius 1 is 1.13 bits per heavy atom. The second-order valence-electron chi connectivity index (χ2n) is 6.14. The molecule has 0 aliphatic carbocycles. The third-order valence-electron chi connectivity index (χ3n) is 4.65. The number of ether oxygens (including phenoxy) is 2. The molecule has 1 saturated heterocycles. The predicted octanol–water partition coefficient (Wildman–Crippen LogP) is 3.08. The summed E-state index contributed by atoms with van der Waals surface area (Å²) in [6, 6.07) is 11.2. The van der Waals surface area contributed by atoms with Gasteiger partial charge in [-0.2, -0.15) is 0 Å². The molecular formula is C18H19NO4. The highest BCUT2D eigenvalue weighted by Gasteiger charge is 2.42. The van der Waals surface area contributed by atoms with Crippen LogP contribution >= 0.6 is 0 Å². The molecule has 1 amide bonds. The number of para-hydroxylation sites is 1. The molecule has 2 aliphatic rings. The van der Waals surface area contributed by atoms with E-state index in [1.54, 1.807) is 12.1 Å². The van der Waals surface area contributed by atoms with Crippen LogP contribution in [0.1, 0.15) is 41.4 Å². The summed E-state index contributed by atoms with van der Waals surface area (Å²) < 4.78 is 17.0. The van der Waals surface area contributed by atoms with Crippen molar-refractivity contribution >= 4 is 5.91 Å².